The first-order valence-electron chi connectivity index (χ1n) is 6.99. The van der Waals surface area contributed by atoms with Crippen molar-refractivity contribution < 1.29 is 17.9 Å². The maximum absolute atomic E-state index is 12.2. The van der Waals surface area contributed by atoms with E-state index in [0.717, 1.165) is 17.9 Å². The number of hydrogen-bond donors (Lipinski definition) is 1. The standard InChI is InChI=1S/C15H22F3NO/c1-3-19-14(9-6-10-15(16,17)18)12-7-5-8-13(11-12)20-4-2/h5,7-8,11,14,19H,3-4,6,9-10H2,1-2H3. The fourth-order valence-electron chi connectivity index (χ4n) is 2.13. The number of halogens is 3. The van der Waals surface area contributed by atoms with Gasteiger partial charge in [-0.25, -0.2) is 0 Å². The molecule has 1 rings (SSSR count). The van der Waals surface area contributed by atoms with E-state index in [2.05, 4.69) is 5.32 Å². The van der Waals surface area contributed by atoms with Crippen molar-refractivity contribution in [3.63, 3.8) is 0 Å². The van der Waals surface area contributed by atoms with Crippen molar-refractivity contribution in [2.75, 3.05) is 13.2 Å². The van der Waals surface area contributed by atoms with Crippen molar-refractivity contribution in [1.29, 1.82) is 0 Å². The highest BCUT2D eigenvalue weighted by atomic mass is 19.4. The normalized spacial score (nSPS) is 13.2. The van der Waals surface area contributed by atoms with Crippen molar-refractivity contribution >= 4 is 0 Å². The van der Waals surface area contributed by atoms with Crippen LogP contribution in [0.3, 0.4) is 0 Å². The lowest BCUT2D eigenvalue weighted by atomic mass is 10.0. The molecule has 0 aliphatic carbocycles. The molecule has 1 aromatic rings. The van der Waals surface area contributed by atoms with Gasteiger partial charge in [0, 0.05) is 12.5 Å². The zero-order chi connectivity index (χ0) is 15.0. The summed E-state index contributed by atoms with van der Waals surface area (Å²) in [5, 5.41) is 3.23. The van der Waals surface area contributed by atoms with Crippen molar-refractivity contribution in [2.24, 2.45) is 0 Å². The minimum atomic E-state index is -4.08. The van der Waals surface area contributed by atoms with Gasteiger partial charge in [0.25, 0.3) is 0 Å². The summed E-state index contributed by atoms with van der Waals surface area (Å²) in [5.74, 6) is 0.753. The molecular weight excluding hydrogens is 267 g/mol. The third kappa shape index (κ3) is 6.28. The number of rotatable bonds is 8. The number of alkyl halides is 3. The van der Waals surface area contributed by atoms with Crippen LogP contribution in [0, 0.1) is 0 Å². The topological polar surface area (TPSA) is 21.3 Å². The third-order valence-electron chi connectivity index (χ3n) is 2.98. The van der Waals surface area contributed by atoms with Crippen LogP contribution in [0.25, 0.3) is 0 Å². The van der Waals surface area contributed by atoms with E-state index in [-0.39, 0.29) is 12.5 Å². The van der Waals surface area contributed by atoms with Crippen LogP contribution < -0.4 is 10.1 Å². The van der Waals surface area contributed by atoms with Gasteiger partial charge in [0.1, 0.15) is 5.75 Å². The summed E-state index contributed by atoms with van der Waals surface area (Å²) < 4.78 is 42.1. The molecule has 114 valence electrons. The van der Waals surface area contributed by atoms with Gasteiger partial charge in [-0.3, -0.25) is 0 Å². The first kappa shape index (κ1) is 16.8. The molecule has 20 heavy (non-hydrogen) atoms. The monoisotopic (exact) mass is 289 g/mol. The lowest BCUT2D eigenvalue weighted by Gasteiger charge is -2.19. The Balaban J connectivity index is 2.67. The van der Waals surface area contributed by atoms with Gasteiger partial charge in [-0.05, 0) is 44.0 Å². The Morgan fingerprint density at radius 2 is 2.00 bits per heavy atom. The molecule has 1 unspecified atom stereocenters. The summed E-state index contributed by atoms with van der Waals surface area (Å²) in [7, 11) is 0. The highest BCUT2D eigenvalue weighted by Gasteiger charge is 2.26. The first-order chi connectivity index (χ1) is 9.46. The van der Waals surface area contributed by atoms with Gasteiger partial charge in [0.15, 0.2) is 0 Å². The molecule has 0 aliphatic heterocycles. The lowest BCUT2D eigenvalue weighted by Crippen LogP contribution is -2.21. The second-order valence-electron chi connectivity index (χ2n) is 4.62. The SMILES string of the molecule is CCNC(CCCC(F)(F)F)c1cccc(OCC)c1. The largest absolute Gasteiger partial charge is 0.494 e. The van der Waals surface area contributed by atoms with E-state index in [1.807, 2.05) is 38.1 Å². The van der Waals surface area contributed by atoms with E-state index in [1.165, 1.54) is 0 Å². The maximum atomic E-state index is 12.2. The Hall–Kier alpha value is -1.23. The molecule has 0 fully saturated rings. The summed E-state index contributed by atoms with van der Waals surface area (Å²) >= 11 is 0. The molecule has 0 amide bonds. The molecule has 0 radical (unpaired) electrons. The third-order valence-corrected chi connectivity index (χ3v) is 2.98. The molecule has 0 bridgehead atoms. The minimum absolute atomic E-state index is 0.0669. The zero-order valence-electron chi connectivity index (χ0n) is 12.0. The first-order valence-corrected chi connectivity index (χ1v) is 6.99. The molecule has 1 atom stereocenters. The van der Waals surface area contributed by atoms with Gasteiger partial charge in [-0.15, -0.1) is 0 Å². The molecule has 2 nitrogen and oxygen atoms in total. The van der Waals surface area contributed by atoms with Crippen LogP contribution in [0.5, 0.6) is 5.75 Å². The van der Waals surface area contributed by atoms with Gasteiger partial charge in [-0.2, -0.15) is 13.2 Å². The molecule has 1 aromatic carbocycles. The van der Waals surface area contributed by atoms with Gasteiger partial charge in [0.2, 0.25) is 0 Å². The van der Waals surface area contributed by atoms with Crippen LogP contribution in [0.4, 0.5) is 13.2 Å². The number of benzene rings is 1. The van der Waals surface area contributed by atoms with E-state index in [0.29, 0.717) is 13.0 Å². The molecule has 5 heteroatoms. The summed E-state index contributed by atoms with van der Waals surface area (Å²) in [5.41, 5.74) is 0.972. The number of nitrogens with one attached hydrogen (secondary N) is 1. The minimum Gasteiger partial charge on any atom is -0.494 e. The molecule has 0 saturated heterocycles. The van der Waals surface area contributed by atoms with Crippen LogP contribution in [0.1, 0.15) is 44.7 Å². The molecule has 0 aliphatic rings. The van der Waals surface area contributed by atoms with Crippen molar-refractivity contribution in [3.05, 3.63) is 29.8 Å². The van der Waals surface area contributed by atoms with E-state index >= 15 is 0 Å². The van der Waals surface area contributed by atoms with Crippen molar-refractivity contribution in [1.82, 2.24) is 5.32 Å². The Morgan fingerprint density at radius 3 is 2.60 bits per heavy atom. The van der Waals surface area contributed by atoms with E-state index in [4.69, 9.17) is 4.74 Å². The number of ether oxygens (including phenoxy) is 1. The van der Waals surface area contributed by atoms with Gasteiger partial charge < -0.3 is 10.1 Å². The van der Waals surface area contributed by atoms with Gasteiger partial charge >= 0.3 is 6.18 Å². The van der Waals surface area contributed by atoms with E-state index in [1.54, 1.807) is 0 Å². The predicted octanol–water partition coefficient (Wildman–Crippen LogP) is 4.47. The molecule has 0 aromatic heterocycles. The van der Waals surface area contributed by atoms with Gasteiger partial charge in [-0.1, -0.05) is 19.1 Å². The molecule has 0 spiro atoms. The smallest absolute Gasteiger partial charge is 0.389 e. The second kappa shape index (κ2) is 8.15. The van der Waals surface area contributed by atoms with Gasteiger partial charge in [0.05, 0.1) is 6.61 Å². The Morgan fingerprint density at radius 1 is 1.25 bits per heavy atom. The fraction of sp³-hybridized carbons (Fsp3) is 0.600. The summed E-state index contributed by atoms with van der Waals surface area (Å²) in [6.07, 6.45) is -4.23. The highest BCUT2D eigenvalue weighted by molar-refractivity contribution is 5.30. The van der Waals surface area contributed by atoms with Crippen LogP contribution in [-0.4, -0.2) is 19.3 Å². The quantitative estimate of drug-likeness (QED) is 0.762. The highest BCUT2D eigenvalue weighted by Crippen LogP contribution is 2.27. The van der Waals surface area contributed by atoms with Crippen molar-refractivity contribution in [3.8, 4) is 5.75 Å². The average molecular weight is 289 g/mol. The van der Waals surface area contributed by atoms with Crippen LogP contribution in [0.2, 0.25) is 0 Å². The molecular formula is C15H22F3NO. The van der Waals surface area contributed by atoms with E-state index in [9.17, 15) is 13.2 Å². The number of hydrogen-bond acceptors (Lipinski definition) is 2. The summed E-state index contributed by atoms with van der Waals surface area (Å²) in [6, 6.07) is 7.47. The van der Waals surface area contributed by atoms with Crippen LogP contribution in [-0.2, 0) is 0 Å². The molecule has 0 saturated carbocycles. The second-order valence-corrected chi connectivity index (χ2v) is 4.62. The maximum Gasteiger partial charge on any atom is 0.389 e. The van der Waals surface area contributed by atoms with E-state index < -0.39 is 12.6 Å². The Bertz CT molecular complexity index is 393. The van der Waals surface area contributed by atoms with Crippen LogP contribution in [0.15, 0.2) is 24.3 Å². The van der Waals surface area contributed by atoms with Crippen molar-refractivity contribution in [2.45, 2.75) is 45.3 Å². The Labute approximate surface area is 118 Å². The Kier molecular flexibility index (Phi) is 6.85. The molecule has 1 N–H and O–H groups in total. The summed E-state index contributed by atoms with van der Waals surface area (Å²) in [6.45, 7) is 5.14. The molecule has 0 heterocycles. The van der Waals surface area contributed by atoms with Crippen LogP contribution >= 0.6 is 0 Å². The lowest BCUT2D eigenvalue weighted by molar-refractivity contribution is -0.135. The average Bonchev–Trinajstić information content (AvgIpc) is 2.37. The zero-order valence-corrected chi connectivity index (χ0v) is 12.0. The fourth-order valence-corrected chi connectivity index (χ4v) is 2.13. The predicted molar refractivity (Wildman–Crippen MR) is 73.9 cm³/mol. The summed E-state index contributed by atoms with van der Waals surface area (Å²) in [4.78, 5) is 0.